The van der Waals surface area contributed by atoms with Crippen LogP contribution in [-0.4, -0.2) is 57.9 Å². The molecule has 1 fully saturated rings. The number of sulfonamides is 1. The number of likely N-dealkylation sites (tertiary alicyclic amines) is 1. The Kier molecular flexibility index (Phi) is 5.96. The maximum Gasteiger partial charge on any atom is 0.285 e. The third-order valence-corrected chi connectivity index (χ3v) is 6.34. The average Bonchev–Trinajstić information content (AvgIpc) is 2.90. The summed E-state index contributed by atoms with van der Waals surface area (Å²) in [4.78, 5) is 14.1. The van der Waals surface area contributed by atoms with E-state index in [2.05, 4.69) is 9.71 Å². The molecule has 0 aromatic heterocycles. The predicted molar refractivity (Wildman–Crippen MR) is 105 cm³/mol. The van der Waals surface area contributed by atoms with Crippen LogP contribution in [0, 0.1) is 0 Å². The number of carbonyl (C=O) groups excluding carboxylic acids is 1. The lowest BCUT2D eigenvalue weighted by atomic mass is 10.0. The summed E-state index contributed by atoms with van der Waals surface area (Å²) >= 11 is 0. The topological polar surface area (TPSA) is 88.1 Å². The lowest BCUT2D eigenvalue weighted by Gasteiger charge is -2.33. The molecule has 2 aliphatic rings. The molecule has 0 radical (unpaired) electrons. The fraction of sp³-hybridized carbons (Fsp3) is 0.474. The number of carbonyl (C=O) groups is 1. The molecular formula is C19H25N3O4S. The second kappa shape index (κ2) is 8.22. The molecule has 1 aromatic carbocycles. The van der Waals surface area contributed by atoms with Crippen molar-refractivity contribution in [3.63, 3.8) is 0 Å². The van der Waals surface area contributed by atoms with Crippen molar-refractivity contribution in [2.45, 2.75) is 32.2 Å². The number of amides is 1. The van der Waals surface area contributed by atoms with Crippen molar-refractivity contribution < 1.29 is 17.9 Å². The Labute approximate surface area is 160 Å². The smallest absolute Gasteiger partial charge is 0.285 e. The standard InChI is InChI=1S/C19H25N3O4S/c1-14-18(15-6-4-3-5-7-15)27(24,25)21-19(14)22-11-8-16(9-12-22)20-17(23)10-13-26-2/h3-7,16H,8-13H2,1-2H3,(H,20,23). The van der Waals surface area contributed by atoms with Gasteiger partial charge < -0.3 is 15.0 Å². The fourth-order valence-electron chi connectivity index (χ4n) is 3.50. The highest BCUT2D eigenvalue weighted by molar-refractivity contribution is 8.00. The Bertz CT molecular complexity index is 854. The summed E-state index contributed by atoms with van der Waals surface area (Å²) in [6.45, 7) is 3.53. The highest BCUT2D eigenvalue weighted by Crippen LogP contribution is 2.34. The van der Waals surface area contributed by atoms with Gasteiger partial charge in [0.05, 0.1) is 6.61 Å². The van der Waals surface area contributed by atoms with Gasteiger partial charge in [0.1, 0.15) is 10.7 Å². The van der Waals surface area contributed by atoms with Crippen LogP contribution in [-0.2, 0) is 19.6 Å². The van der Waals surface area contributed by atoms with Gasteiger partial charge in [-0.2, -0.15) is 8.42 Å². The Hall–Kier alpha value is -2.19. The van der Waals surface area contributed by atoms with Crippen molar-refractivity contribution in [2.24, 2.45) is 4.40 Å². The first-order chi connectivity index (χ1) is 12.9. The Balaban J connectivity index is 1.68. The molecule has 0 saturated carbocycles. The molecule has 0 aliphatic carbocycles. The largest absolute Gasteiger partial charge is 0.384 e. The highest BCUT2D eigenvalue weighted by Gasteiger charge is 2.34. The van der Waals surface area contributed by atoms with E-state index in [1.54, 1.807) is 19.2 Å². The number of amidine groups is 1. The SMILES string of the molecule is COCCC(=O)NC1CCN(C2=NS(=O)(=O)C(c3ccccc3)=C2C)CC1. The minimum absolute atomic E-state index is 0.0153. The lowest BCUT2D eigenvalue weighted by molar-refractivity contribution is -0.122. The van der Waals surface area contributed by atoms with Crippen molar-refractivity contribution in [1.29, 1.82) is 0 Å². The molecule has 146 valence electrons. The number of ether oxygens (including phenoxy) is 1. The van der Waals surface area contributed by atoms with Gasteiger partial charge in [0.15, 0.2) is 0 Å². The van der Waals surface area contributed by atoms with Crippen LogP contribution in [0.2, 0.25) is 0 Å². The number of piperidine rings is 1. The molecule has 8 heteroatoms. The molecular weight excluding hydrogens is 366 g/mol. The van der Waals surface area contributed by atoms with Gasteiger partial charge >= 0.3 is 0 Å². The Morgan fingerprint density at radius 3 is 2.56 bits per heavy atom. The van der Waals surface area contributed by atoms with E-state index in [-0.39, 0.29) is 16.9 Å². The Morgan fingerprint density at radius 2 is 1.93 bits per heavy atom. The van der Waals surface area contributed by atoms with E-state index >= 15 is 0 Å². The predicted octanol–water partition coefficient (Wildman–Crippen LogP) is 1.78. The van der Waals surface area contributed by atoms with Crippen LogP contribution in [0.15, 0.2) is 40.3 Å². The zero-order valence-corrected chi connectivity index (χ0v) is 16.5. The van der Waals surface area contributed by atoms with Crippen LogP contribution < -0.4 is 5.32 Å². The number of hydrogen-bond donors (Lipinski definition) is 1. The van der Waals surface area contributed by atoms with Crippen molar-refractivity contribution in [1.82, 2.24) is 10.2 Å². The zero-order chi connectivity index (χ0) is 19.4. The summed E-state index contributed by atoms with van der Waals surface area (Å²) < 4.78 is 34.2. The molecule has 2 aliphatic heterocycles. The van der Waals surface area contributed by atoms with E-state index < -0.39 is 10.0 Å². The molecule has 1 N–H and O–H groups in total. The van der Waals surface area contributed by atoms with E-state index in [0.717, 1.165) is 12.8 Å². The van der Waals surface area contributed by atoms with Gasteiger partial charge in [-0.05, 0) is 25.3 Å². The summed E-state index contributed by atoms with van der Waals surface area (Å²) in [7, 11) is -2.12. The third-order valence-electron chi connectivity index (χ3n) is 4.87. The minimum atomic E-state index is -3.69. The number of rotatable bonds is 5. The molecule has 1 saturated heterocycles. The Morgan fingerprint density at radius 1 is 1.26 bits per heavy atom. The summed E-state index contributed by atoms with van der Waals surface area (Å²) in [6, 6.07) is 9.17. The number of hydrogen-bond acceptors (Lipinski definition) is 5. The molecule has 27 heavy (non-hydrogen) atoms. The van der Waals surface area contributed by atoms with E-state index in [4.69, 9.17) is 4.74 Å². The van der Waals surface area contributed by atoms with Gasteiger partial charge in [-0.25, -0.2) is 0 Å². The van der Waals surface area contributed by atoms with Crippen molar-refractivity contribution in [2.75, 3.05) is 26.8 Å². The number of nitrogens with zero attached hydrogens (tertiary/aromatic N) is 2. The number of methoxy groups -OCH3 is 1. The van der Waals surface area contributed by atoms with Crippen LogP contribution in [0.5, 0.6) is 0 Å². The average molecular weight is 391 g/mol. The quantitative estimate of drug-likeness (QED) is 0.827. The number of nitrogens with one attached hydrogen (secondary N) is 1. The second-order valence-corrected chi connectivity index (χ2v) is 8.32. The van der Waals surface area contributed by atoms with Gasteiger partial charge in [0, 0.05) is 38.2 Å². The normalized spacial score (nSPS) is 19.9. The van der Waals surface area contributed by atoms with E-state index in [1.165, 1.54) is 0 Å². The van der Waals surface area contributed by atoms with E-state index in [1.807, 2.05) is 30.0 Å². The van der Waals surface area contributed by atoms with Crippen molar-refractivity contribution >= 4 is 26.7 Å². The van der Waals surface area contributed by atoms with Crippen LogP contribution in [0.25, 0.3) is 4.91 Å². The first-order valence-electron chi connectivity index (χ1n) is 9.07. The van der Waals surface area contributed by atoms with Gasteiger partial charge in [0.2, 0.25) is 5.91 Å². The molecule has 0 bridgehead atoms. The van der Waals surface area contributed by atoms with Crippen LogP contribution in [0.3, 0.4) is 0 Å². The molecule has 0 unspecified atom stereocenters. The molecule has 1 aromatic rings. The van der Waals surface area contributed by atoms with Crippen LogP contribution in [0.4, 0.5) is 0 Å². The van der Waals surface area contributed by atoms with Gasteiger partial charge in [-0.1, -0.05) is 30.3 Å². The first-order valence-corrected chi connectivity index (χ1v) is 10.5. The van der Waals surface area contributed by atoms with Gasteiger partial charge in [-0.3, -0.25) is 4.79 Å². The zero-order valence-electron chi connectivity index (χ0n) is 15.6. The maximum atomic E-state index is 12.6. The van der Waals surface area contributed by atoms with Crippen LogP contribution in [0.1, 0.15) is 31.7 Å². The molecule has 0 spiro atoms. The monoisotopic (exact) mass is 391 g/mol. The van der Waals surface area contributed by atoms with Crippen LogP contribution >= 0.6 is 0 Å². The van der Waals surface area contributed by atoms with Crippen molar-refractivity contribution in [3.05, 3.63) is 41.5 Å². The number of benzene rings is 1. The van der Waals surface area contributed by atoms with Gasteiger partial charge in [-0.15, -0.1) is 4.40 Å². The maximum absolute atomic E-state index is 12.6. The van der Waals surface area contributed by atoms with E-state index in [9.17, 15) is 13.2 Å². The first kappa shape index (κ1) is 19.6. The van der Waals surface area contributed by atoms with Crippen molar-refractivity contribution in [3.8, 4) is 0 Å². The van der Waals surface area contributed by atoms with Gasteiger partial charge in [0.25, 0.3) is 10.0 Å². The second-order valence-electron chi connectivity index (χ2n) is 6.78. The van der Waals surface area contributed by atoms with E-state index in [0.29, 0.717) is 43.1 Å². The molecule has 2 heterocycles. The summed E-state index contributed by atoms with van der Waals surface area (Å²) in [5.74, 6) is 0.511. The molecule has 7 nitrogen and oxygen atoms in total. The summed E-state index contributed by atoms with van der Waals surface area (Å²) in [6.07, 6.45) is 1.86. The lowest BCUT2D eigenvalue weighted by Crippen LogP contribution is -2.46. The summed E-state index contributed by atoms with van der Waals surface area (Å²) in [5.41, 5.74) is 1.35. The highest BCUT2D eigenvalue weighted by atomic mass is 32.2. The molecule has 0 atom stereocenters. The molecule has 3 rings (SSSR count). The summed E-state index contributed by atoms with van der Waals surface area (Å²) in [5, 5.41) is 3.01. The molecule has 1 amide bonds. The fourth-order valence-corrected chi connectivity index (χ4v) is 4.99. The third kappa shape index (κ3) is 4.39. The minimum Gasteiger partial charge on any atom is -0.384 e.